The molecule has 2 heterocycles. The summed E-state index contributed by atoms with van der Waals surface area (Å²) in [7, 11) is 0. The van der Waals surface area contributed by atoms with Crippen LogP contribution in [0, 0.1) is 6.92 Å². The highest BCUT2D eigenvalue weighted by Crippen LogP contribution is 2.04. The van der Waals surface area contributed by atoms with Gasteiger partial charge in [0.25, 0.3) is 5.91 Å². The van der Waals surface area contributed by atoms with Crippen LogP contribution in [0.1, 0.15) is 41.6 Å². The van der Waals surface area contributed by atoms with E-state index < -0.39 is 0 Å². The summed E-state index contributed by atoms with van der Waals surface area (Å²) in [5.74, 6) is -0.273. The molecule has 0 aliphatic rings. The zero-order chi connectivity index (χ0) is 18.8. The molecule has 7 nitrogen and oxygen atoms in total. The monoisotopic (exact) mass is 355 g/mol. The zero-order valence-electron chi connectivity index (χ0n) is 15.3. The van der Waals surface area contributed by atoms with E-state index >= 15 is 0 Å². The molecule has 0 aliphatic carbocycles. The molecular formula is C19H25N5O2. The molecule has 7 heteroatoms. The van der Waals surface area contributed by atoms with Gasteiger partial charge in [-0.05, 0) is 25.5 Å². The molecule has 1 N–H and O–H groups in total. The molecule has 0 radical (unpaired) electrons. The maximum atomic E-state index is 12.5. The summed E-state index contributed by atoms with van der Waals surface area (Å²) in [6, 6.07) is 5.71. The van der Waals surface area contributed by atoms with Crippen molar-refractivity contribution in [2.75, 3.05) is 19.6 Å². The quantitative estimate of drug-likeness (QED) is 0.741. The number of aryl methyl sites for hydroxylation is 1. The zero-order valence-corrected chi connectivity index (χ0v) is 15.3. The van der Waals surface area contributed by atoms with Crippen molar-refractivity contribution in [3.05, 3.63) is 53.9 Å². The average Bonchev–Trinajstić information content (AvgIpc) is 2.66. The molecule has 0 unspecified atom stereocenters. The van der Waals surface area contributed by atoms with Crippen LogP contribution in [0.25, 0.3) is 0 Å². The van der Waals surface area contributed by atoms with Crippen LogP contribution in [0.3, 0.4) is 0 Å². The van der Waals surface area contributed by atoms with Crippen LogP contribution in [0.4, 0.5) is 0 Å². The van der Waals surface area contributed by atoms with E-state index in [4.69, 9.17) is 0 Å². The Morgan fingerprint density at radius 2 is 1.96 bits per heavy atom. The van der Waals surface area contributed by atoms with Crippen molar-refractivity contribution in [1.29, 1.82) is 0 Å². The van der Waals surface area contributed by atoms with Gasteiger partial charge in [-0.25, -0.2) is 4.98 Å². The van der Waals surface area contributed by atoms with Crippen LogP contribution in [0.15, 0.2) is 36.8 Å². The third-order valence-electron chi connectivity index (χ3n) is 3.82. The van der Waals surface area contributed by atoms with E-state index in [9.17, 15) is 9.59 Å². The second kappa shape index (κ2) is 10.2. The lowest BCUT2D eigenvalue weighted by molar-refractivity contribution is -0.121. The molecule has 2 aromatic rings. The van der Waals surface area contributed by atoms with Crippen molar-refractivity contribution >= 4 is 11.8 Å². The number of pyridine rings is 1. The maximum absolute atomic E-state index is 12.5. The third kappa shape index (κ3) is 6.23. The minimum atomic E-state index is -0.194. The second-order valence-corrected chi connectivity index (χ2v) is 6.01. The van der Waals surface area contributed by atoms with E-state index in [0.29, 0.717) is 31.7 Å². The Morgan fingerprint density at radius 1 is 1.12 bits per heavy atom. The van der Waals surface area contributed by atoms with Crippen LogP contribution >= 0.6 is 0 Å². The molecule has 0 saturated carbocycles. The summed E-state index contributed by atoms with van der Waals surface area (Å²) in [5.41, 5.74) is 2.00. The van der Waals surface area contributed by atoms with Gasteiger partial charge in [0.2, 0.25) is 5.91 Å². The molecule has 138 valence electrons. The number of aromatic nitrogens is 3. The molecule has 0 fully saturated rings. The van der Waals surface area contributed by atoms with Crippen LogP contribution in [-0.4, -0.2) is 51.3 Å². The van der Waals surface area contributed by atoms with Crippen LogP contribution in [0.2, 0.25) is 0 Å². The van der Waals surface area contributed by atoms with Crippen molar-refractivity contribution < 1.29 is 9.59 Å². The van der Waals surface area contributed by atoms with E-state index in [2.05, 4.69) is 20.3 Å². The Kier molecular flexibility index (Phi) is 7.67. The number of carbonyl (C=O) groups is 2. The van der Waals surface area contributed by atoms with E-state index in [1.54, 1.807) is 17.3 Å². The highest BCUT2D eigenvalue weighted by atomic mass is 16.2. The maximum Gasteiger partial charge on any atom is 0.274 e. The normalized spacial score (nSPS) is 10.4. The lowest BCUT2D eigenvalue weighted by atomic mass is 10.2. The molecule has 2 aromatic heterocycles. The predicted molar refractivity (Wildman–Crippen MR) is 98.5 cm³/mol. The van der Waals surface area contributed by atoms with E-state index in [-0.39, 0.29) is 18.2 Å². The molecule has 0 aliphatic heterocycles. The molecule has 0 bridgehead atoms. The number of hydrogen-bond donors (Lipinski definition) is 1. The van der Waals surface area contributed by atoms with Crippen LogP contribution in [0.5, 0.6) is 0 Å². The van der Waals surface area contributed by atoms with Gasteiger partial charge in [0.05, 0.1) is 11.9 Å². The Morgan fingerprint density at radius 3 is 2.62 bits per heavy atom. The lowest BCUT2D eigenvalue weighted by Crippen LogP contribution is -2.36. The van der Waals surface area contributed by atoms with Gasteiger partial charge >= 0.3 is 0 Å². The van der Waals surface area contributed by atoms with Crippen molar-refractivity contribution in [3.63, 3.8) is 0 Å². The number of nitrogens with zero attached hydrogens (tertiary/aromatic N) is 4. The molecule has 0 spiro atoms. The topological polar surface area (TPSA) is 88.1 Å². The number of amides is 2. The first kappa shape index (κ1) is 19.5. The Bertz CT molecular complexity index is 704. The van der Waals surface area contributed by atoms with Gasteiger partial charge in [0, 0.05) is 50.6 Å². The summed E-state index contributed by atoms with van der Waals surface area (Å²) in [6.07, 6.45) is 6.54. The summed E-state index contributed by atoms with van der Waals surface area (Å²) < 4.78 is 0. The molecule has 0 atom stereocenters. The number of hydrogen-bond acceptors (Lipinski definition) is 5. The average molecular weight is 355 g/mol. The summed E-state index contributed by atoms with van der Waals surface area (Å²) in [4.78, 5) is 38.7. The Balaban J connectivity index is 1.80. The molecule has 0 aromatic carbocycles. The van der Waals surface area contributed by atoms with E-state index in [1.165, 1.54) is 6.20 Å². The molecular weight excluding hydrogens is 330 g/mol. The lowest BCUT2D eigenvalue weighted by Gasteiger charge is -2.21. The van der Waals surface area contributed by atoms with Gasteiger partial charge in [0.1, 0.15) is 5.69 Å². The highest BCUT2D eigenvalue weighted by Gasteiger charge is 2.17. The third-order valence-corrected chi connectivity index (χ3v) is 3.82. The summed E-state index contributed by atoms with van der Waals surface area (Å²) in [5, 5.41) is 2.87. The summed E-state index contributed by atoms with van der Waals surface area (Å²) in [6.45, 7) is 5.28. The van der Waals surface area contributed by atoms with Crippen molar-refractivity contribution in [2.24, 2.45) is 0 Å². The van der Waals surface area contributed by atoms with E-state index in [1.807, 2.05) is 32.0 Å². The number of carbonyl (C=O) groups excluding carboxylic acids is 2. The van der Waals surface area contributed by atoms with Gasteiger partial charge in [0.15, 0.2) is 0 Å². The first-order valence-corrected chi connectivity index (χ1v) is 8.84. The highest BCUT2D eigenvalue weighted by molar-refractivity contribution is 5.92. The fourth-order valence-electron chi connectivity index (χ4n) is 2.45. The van der Waals surface area contributed by atoms with Crippen LogP contribution in [-0.2, 0) is 11.2 Å². The fraction of sp³-hybridized carbons (Fsp3) is 0.421. The standard InChI is InChI=1S/C19H25N5O2/c1-3-11-24(19(26)17-14-22-15(2)13-23-17)12-8-18(25)21-10-7-16-6-4-5-9-20-16/h4-6,9,13-14H,3,7-8,10-12H2,1-2H3,(H,21,25). The smallest absolute Gasteiger partial charge is 0.274 e. The first-order chi connectivity index (χ1) is 12.6. The minimum absolute atomic E-state index is 0.0789. The van der Waals surface area contributed by atoms with Crippen molar-refractivity contribution in [3.8, 4) is 0 Å². The van der Waals surface area contributed by atoms with Crippen LogP contribution < -0.4 is 5.32 Å². The van der Waals surface area contributed by atoms with Crippen molar-refractivity contribution in [2.45, 2.75) is 33.1 Å². The Hall–Kier alpha value is -2.83. The summed E-state index contributed by atoms with van der Waals surface area (Å²) >= 11 is 0. The Labute approximate surface area is 153 Å². The fourth-order valence-corrected chi connectivity index (χ4v) is 2.45. The number of rotatable bonds is 9. The van der Waals surface area contributed by atoms with Gasteiger partial charge in [-0.2, -0.15) is 0 Å². The SMILES string of the molecule is CCCN(CCC(=O)NCCc1ccccn1)C(=O)c1cnc(C)cn1. The molecule has 2 amide bonds. The second-order valence-electron chi connectivity index (χ2n) is 6.01. The van der Waals surface area contributed by atoms with Gasteiger partial charge in [-0.15, -0.1) is 0 Å². The minimum Gasteiger partial charge on any atom is -0.356 e. The van der Waals surface area contributed by atoms with Gasteiger partial charge in [-0.3, -0.25) is 19.6 Å². The predicted octanol–water partition coefficient (Wildman–Crippen LogP) is 1.78. The van der Waals surface area contributed by atoms with E-state index in [0.717, 1.165) is 17.8 Å². The van der Waals surface area contributed by atoms with Gasteiger partial charge < -0.3 is 10.2 Å². The van der Waals surface area contributed by atoms with Crippen molar-refractivity contribution in [1.82, 2.24) is 25.2 Å². The molecule has 2 rings (SSSR count). The molecule has 0 saturated heterocycles. The molecule has 26 heavy (non-hydrogen) atoms. The van der Waals surface area contributed by atoms with Gasteiger partial charge in [-0.1, -0.05) is 13.0 Å². The largest absolute Gasteiger partial charge is 0.356 e. The number of nitrogens with one attached hydrogen (secondary N) is 1. The first-order valence-electron chi connectivity index (χ1n) is 8.84.